The van der Waals surface area contributed by atoms with Crippen LogP contribution in [0.15, 0.2) is 51.9 Å². The molecule has 2 N–H and O–H groups in total. The van der Waals surface area contributed by atoms with Crippen LogP contribution in [0.25, 0.3) is 11.5 Å². The number of rotatable bonds is 4. The zero-order valence-electron chi connectivity index (χ0n) is 15.9. The molecule has 0 aliphatic carbocycles. The molecule has 8 nitrogen and oxygen atoms in total. The second-order valence-corrected chi connectivity index (χ2v) is 7.40. The van der Waals surface area contributed by atoms with E-state index in [2.05, 4.69) is 21.4 Å². The predicted molar refractivity (Wildman–Crippen MR) is 112 cm³/mol. The number of pyridine rings is 1. The highest BCUT2D eigenvalue weighted by atomic mass is 35.5. The molecule has 1 aromatic carbocycles. The van der Waals surface area contributed by atoms with Gasteiger partial charge in [-0.05, 0) is 37.1 Å². The van der Waals surface area contributed by atoms with Crippen LogP contribution in [0.5, 0.6) is 0 Å². The van der Waals surface area contributed by atoms with Gasteiger partial charge in [-0.3, -0.25) is 9.59 Å². The van der Waals surface area contributed by atoms with Crippen molar-refractivity contribution in [3.05, 3.63) is 63.7 Å². The molecule has 4 rings (SSSR count). The molecule has 2 aromatic heterocycles. The number of nitriles is 1. The number of halogens is 1. The maximum atomic E-state index is 12.5. The maximum absolute atomic E-state index is 12.5. The van der Waals surface area contributed by atoms with Gasteiger partial charge in [-0.1, -0.05) is 11.6 Å². The fourth-order valence-corrected chi connectivity index (χ4v) is 3.53. The first-order chi connectivity index (χ1) is 14.5. The van der Waals surface area contributed by atoms with Gasteiger partial charge < -0.3 is 19.6 Å². The van der Waals surface area contributed by atoms with Gasteiger partial charge in [-0.2, -0.15) is 10.2 Å². The van der Waals surface area contributed by atoms with E-state index in [4.69, 9.17) is 16.0 Å². The Balaban J connectivity index is 1.44. The molecule has 1 aliphatic rings. The second-order valence-electron chi connectivity index (χ2n) is 6.96. The molecule has 30 heavy (non-hydrogen) atoms. The molecule has 0 spiro atoms. The van der Waals surface area contributed by atoms with Crippen LogP contribution in [0.3, 0.4) is 0 Å². The fourth-order valence-electron chi connectivity index (χ4n) is 3.41. The number of aromatic amines is 1. The molecule has 3 aromatic rings. The molecule has 0 saturated carbocycles. The highest BCUT2D eigenvalue weighted by molar-refractivity contribution is 6.30. The van der Waals surface area contributed by atoms with Gasteiger partial charge in [0.25, 0.3) is 0 Å². The number of amides is 1. The zero-order chi connectivity index (χ0) is 21.1. The van der Waals surface area contributed by atoms with Crippen LogP contribution in [0.2, 0.25) is 5.02 Å². The quantitative estimate of drug-likeness (QED) is 0.664. The predicted octanol–water partition coefficient (Wildman–Crippen LogP) is 3.41. The summed E-state index contributed by atoms with van der Waals surface area (Å²) in [5, 5.41) is 12.8. The molecular formula is C21H18ClN5O3. The number of anilines is 2. The number of hydrogen-bond acceptors (Lipinski definition) is 6. The van der Waals surface area contributed by atoms with Crippen LogP contribution in [0.4, 0.5) is 11.6 Å². The Morgan fingerprint density at radius 3 is 2.67 bits per heavy atom. The van der Waals surface area contributed by atoms with Gasteiger partial charge >= 0.3 is 0 Å². The van der Waals surface area contributed by atoms with Gasteiger partial charge in [0, 0.05) is 48.1 Å². The molecule has 0 bridgehead atoms. The summed E-state index contributed by atoms with van der Waals surface area (Å²) in [4.78, 5) is 33.3. The van der Waals surface area contributed by atoms with Gasteiger partial charge in [0.15, 0.2) is 0 Å². The van der Waals surface area contributed by atoms with Gasteiger partial charge in [-0.15, -0.1) is 0 Å². The Hall–Kier alpha value is -3.57. The number of oxazole rings is 1. The summed E-state index contributed by atoms with van der Waals surface area (Å²) < 4.78 is 5.88. The van der Waals surface area contributed by atoms with Crippen molar-refractivity contribution in [2.24, 2.45) is 5.92 Å². The molecule has 0 radical (unpaired) electrons. The first-order valence-electron chi connectivity index (χ1n) is 9.45. The molecule has 0 atom stereocenters. The monoisotopic (exact) mass is 423 g/mol. The summed E-state index contributed by atoms with van der Waals surface area (Å²) in [6.07, 6.45) is 4.12. The van der Waals surface area contributed by atoms with Gasteiger partial charge in [-0.25, -0.2) is 0 Å². The molecule has 1 saturated heterocycles. The van der Waals surface area contributed by atoms with E-state index in [1.807, 2.05) is 4.90 Å². The molecule has 1 amide bonds. The number of carbonyl (C=O) groups is 1. The summed E-state index contributed by atoms with van der Waals surface area (Å²) in [7, 11) is 0. The summed E-state index contributed by atoms with van der Waals surface area (Å²) in [6.45, 7) is 1.07. The third-order valence-electron chi connectivity index (χ3n) is 5.04. The first-order valence-corrected chi connectivity index (χ1v) is 9.82. The third-order valence-corrected chi connectivity index (χ3v) is 5.29. The first kappa shape index (κ1) is 19.7. The van der Waals surface area contributed by atoms with Crippen molar-refractivity contribution in [3.8, 4) is 17.5 Å². The Labute approximate surface area is 177 Å². The fraction of sp³-hybridized carbons (Fsp3) is 0.238. The summed E-state index contributed by atoms with van der Waals surface area (Å²) in [5.74, 6) is 0.332. The van der Waals surface area contributed by atoms with Crippen molar-refractivity contribution < 1.29 is 9.21 Å². The van der Waals surface area contributed by atoms with E-state index in [1.54, 1.807) is 24.3 Å². The van der Waals surface area contributed by atoms with Gasteiger partial charge in [0.2, 0.25) is 28.8 Å². The van der Waals surface area contributed by atoms with Crippen LogP contribution in [0, 0.1) is 17.2 Å². The molecule has 1 fully saturated rings. The minimum atomic E-state index is -0.241. The standard InChI is InChI=1S/C21H18ClN5O3/c22-15-3-1-14(2-4-15)20-26-16(11-23)21(30-20)27-9-6-13(7-10-27)19(29)25-17-12-24-8-5-18(17)28/h1-5,8,12-13H,6-7,9-10H2,(H,24,28)(H,25,29). The van der Waals surface area contributed by atoms with Gasteiger partial charge in [0.1, 0.15) is 11.8 Å². The van der Waals surface area contributed by atoms with Crippen molar-refractivity contribution in [2.45, 2.75) is 12.8 Å². The normalized spacial score (nSPS) is 14.3. The Bertz CT molecular complexity index is 1150. The lowest BCUT2D eigenvalue weighted by atomic mass is 9.96. The molecule has 1 aliphatic heterocycles. The van der Waals surface area contributed by atoms with Crippen molar-refractivity contribution in [2.75, 3.05) is 23.3 Å². The summed E-state index contributed by atoms with van der Waals surface area (Å²) >= 11 is 5.92. The number of H-pyrrole nitrogens is 1. The highest BCUT2D eigenvalue weighted by Crippen LogP contribution is 2.31. The van der Waals surface area contributed by atoms with Crippen molar-refractivity contribution in [1.29, 1.82) is 5.26 Å². The third kappa shape index (κ3) is 4.07. The van der Waals surface area contributed by atoms with Crippen LogP contribution in [-0.4, -0.2) is 29.0 Å². The van der Waals surface area contributed by atoms with E-state index >= 15 is 0 Å². The van der Waals surface area contributed by atoms with Crippen molar-refractivity contribution >= 4 is 29.1 Å². The minimum Gasteiger partial charge on any atom is -0.419 e. The SMILES string of the molecule is N#Cc1nc(-c2ccc(Cl)cc2)oc1N1CCC(C(=O)Nc2c[nH]ccc2=O)CC1. The van der Waals surface area contributed by atoms with E-state index in [9.17, 15) is 14.9 Å². The van der Waals surface area contributed by atoms with E-state index in [0.717, 1.165) is 5.56 Å². The average molecular weight is 424 g/mol. The Kier molecular flexibility index (Phi) is 5.55. The number of benzene rings is 1. The molecule has 3 heterocycles. The van der Waals surface area contributed by atoms with E-state index in [0.29, 0.717) is 42.7 Å². The number of hydrogen-bond donors (Lipinski definition) is 2. The van der Waals surface area contributed by atoms with Gasteiger partial charge in [0.05, 0.1) is 0 Å². The van der Waals surface area contributed by atoms with E-state index in [-0.39, 0.29) is 28.6 Å². The molecule has 9 heteroatoms. The lowest BCUT2D eigenvalue weighted by Crippen LogP contribution is -2.38. The highest BCUT2D eigenvalue weighted by Gasteiger charge is 2.29. The molecule has 152 valence electrons. The van der Waals surface area contributed by atoms with E-state index < -0.39 is 0 Å². The Morgan fingerprint density at radius 1 is 1.27 bits per heavy atom. The summed E-state index contributed by atoms with van der Waals surface area (Å²) in [6, 6.07) is 10.5. The topological polar surface area (TPSA) is 115 Å². The zero-order valence-corrected chi connectivity index (χ0v) is 16.6. The van der Waals surface area contributed by atoms with Crippen molar-refractivity contribution in [3.63, 3.8) is 0 Å². The van der Waals surface area contributed by atoms with Crippen LogP contribution < -0.4 is 15.6 Å². The number of piperidine rings is 1. The molecular weight excluding hydrogens is 406 g/mol. The van der Waals surface area contributed by atoms with Crippen LogP contribution >= 0.6 is 11.6 Å². The van der Waals surface area contributed by atoms with Crippen LogP contribution in [0.1, 0.15) is 18.5 Å². The lowest BCUT2D eigenvalue weighted by Gasteiger charge is -2.30. The Morgan fingerprint density at radius 2 is 2.00 bits per heavy atom. The molecule has 0 unspecified atom stereocenters. The smallest absolute Gasteiger partial charge is 0.235 e. The number of aromatic nitrogens is 2. The maximum Gasteiger partial charge on any atom is 0.235 e. The second kappa shape index (κ2) is 8.43. The largest absolute Gasteiger partial charge is 0.419 e. The summed E-state index contributed by atoms with van der Waals surface area (Å²) in [5.41, 5.74) is 0.928. The number of carbonyl (C=O) groups excluding carboxylic acids is 1. The van der Waals surface area contributed by atoms with Crippen molar-refractivity contribution in [1.82, 2.24) is 9.97 Å². The van der Waals surface area contributed by atoms with Crippen LogP contribution in [-0.2, 0) is 4.79 Å². The average Bonchev–Trinajstić information content (AvgIpc) is 3.20. The van der Waals surface area contributed by atoms with E-state index in [1.165, 1.54) is 18.5 Å². The lowest BCUT2D eigenvalue weighted by molar-refractivity contribution is -0.120. The minimum absolute atomic E-state index is 0.189. The number of nitrogens with one attached hydrogen (secondary N) is 2. The number of nitrogens with zero attached hydrogens (tertiary/aromatic N) is 3.